The molecule has 22 heavy (non-hydrogen) atoms. The van der Waals surface area contributed by atoms with Crippen molar-refractivity contribution in [1.82, 2.24) is 4.98 Å². The van der Waals surface area contributed by atoms with Crippen molar-refractivity contribution in [2.75, 3.05) is 5.32 Å². The molecule has 0 saturated heterocycles. The summed E-state index contributed by atoms with van der Waals surface area (Å²) < 4.78 is 10.8. The fourth-order valence-corrected chi connectivity index (χ4v) is 2.31. The summed E-state index contributed by atoms with van der Waals surface area (Å²) in [6.45, 7) is 3.68. The summed E-state index contributed by atoms with van der Waals surface area (Å²) in [5.74, 6) is 1.12. The van der Waals surface area contributed by atoms with Crippen molar-refractivity contribution < 1.29 is 13.6 Å². The zero-order valence-corrected chi connectivity index (χ0v) is 12.8. The number of oxazole rings is 1. The summed E-state index contributed by atoms with van der Waals surface area (Å²) in [7, 11) is 0. The van der Waals surface area contributed by atoms with E-state index in [0.29, 0.717) is 22.2 Å². The first-order chi connectivity index (χ1) is 10.5. The first kappa shape index (κ1) is 14.4. The predicted octanol–water partition coefficient (Wildman–Crippen LogP) is 4.46. The van der Waals surface area contributed by atoms with Gasteiger partial charge in [-0.3, -0.25) is 4.79 Å². The van der Waals surface area contributed by atoms with Gasteiger partial charge in [0.2, 0.25) is 5.76 Å². The summed E-state index contributed by atoms with van der Waals surface area (Å²) in [6.07, 6.45) is 1.22. The molecule has 6 heteroatoms. The van der Waals surface area contributed by atoms with E-state index < -0.39 is 0 Å². The van der Waals surface area contributed by atoms with Crippen molar-refractivity contribution in [3.8, 4) is 11.5 Å². The molecule has 1 amide bonds. The van der Waals surface area contributed by atoms with E-state index in [1.165, 1.54) is 6.39 Å². The Morgan fingerprint density at radius 2 is 2.05 bits per heavy atom. The van der Waals surface area contributed by atoms with E-state index in [-0.39, 0.29) is 11.6 Å². The van der Waals surface area contributed by atoms with Crippen LogP contribution < -0.4 is 5.32 Å². The quantitative estimate of drug-likeness (QED) is 0.774. The molecule has 3 aromatic rings. The molecular weight excluding hydrogens is 304 g/mol. The lowest BCUT2D eigenvalue weighted by atomic mass is 10.2. The van der Waals surface area contributed by atoms with Crippen molar-refractivity contribution in [3.05, 3.63) is 58.8 Å². The van der Waals surface area contributed by atoms with Gasteiger partial charge in [-0.25, -0.2) is 4.98 Å². The van der Waals surface area contributed by atoms with Crippen LogP contribution in [-0.4, -0.2) is 10.9 Å². The summed E-state index contributed by atoms with van der Waals surface area (Å²) >= 11 is 5.91. The van der Waals surface area contributed by atoms with Gasteiger partial charge in [-0.1, -0.05) is 11.6 Å². The maximum atomic E-state index is 12.4. The van der Waals surface area contributed by atoms with Gasteiger partial charge in [0.25, 0.3) is 5.91 Å². The summed E-state index contributed by atoms with van der Waals surface area (Å²) in [6, 6.07) is 8.76. The molecule has 0 atom stereocenters. The van der Waals surface area contributed by atoms with Crippen LogP contribution in [0.4, 0.5) is 5.69 Å². The standard InChI is InChI=1S/C16H13ClN2O3/c1-9-7-11(17)4-5-12(9)19-16(20)14-15(21-8-18-14)13-6-3-10(2)22-13/h3-8H,1-2H3,(H,19,20). The van der Waals surface area contributed by atoms with Crippen LogP contribution in [0.5, 0.6) is 0 Å². The van der Waals surface area contributed by atoms with Crippen LogP contribution in [-0.2, 0) is 0 Å². The lowest BCUT2D eigenvalue weighted by molar-refractivity contribution is 0.102. The molecular formula is C16H13ClN2O3. The molecule has 0 bridgehead atoms. The molecule has 0 saturated carbocycles. The van der Waals surface area contributed by atoms with E-state index in [9.17, 15) is 4.79 Å². The third kappa shape index (κ3) is 2.76. The molecule has 0 spiro atoms. The number of amides is 1. The van der Waals surface area contributed by atoms with E-state index in [1.54, 1.807) is 30.3 Å². The van der Waals surface area contributed by atoms with Gasteiger partial charge < -0.3 is 14.2 Å². The summed E-state index contributed by atoms with van der Waals surface area (Å²) in [4.78, 5) is 16.4. The number of anilines is 1. The zero-order chi connectivity index (χ0) is 15.7. The molecule has 0 aliphatic carbocycles. The number of aryl methyl sites for hydroxylation is 2. The van der Waals surface area contributed by atoms with Gasteiger partial charge in [0, 0.05) is 10.7 Å². The highest BCUT2D eigenvalue weighted by atomic mass is 35.5. The van der Waals surface area contributed by atoms with Crippen LogP contribution in [0.1, 0.15) is 21.8 Å². The minimum absolute atomic E-state index is 0.170. The van der Waals surface area contributed by atoms with Gasteiger partial charge in [-0.15, -0.1) is 0 Å². The smallest absolute Gasteiger partial charge is 0.278 e. The fourth-order valence-electron chi connectivity index (χ4n) is 2.09. The second kappa shape index (κ2) is 5.69. The van der Waals surface area contributed by atoms with Crippen LogP contribution in [0, 0.1) is 13.8 Å². The second-order valence-corrected chi connectivity index (χ2v) is 5.29. The number of furan rings is 1. The van der Waals surface area contributed by atoms with E-state index in [0.717, 1.165) is 11.3 Å². The monoisotopic (exact) mass is 316 g/mol. The van der Waals surface area contributed by atoms with Gasteiger partial charge in [0.05, 0.1) is 0 Å². The van der Waals surface area contributed by atoms with Gasteiger partial charge >= 0.3 is 0 Å². The van der Waals surface area contributed by atoms with Crippen LogP contribution in [0.3, 0.4) is 0 Å². The Hall–Kier alpha value is -2.53. The maximum absolute atomic E-state index is 12.4. The average molecular weight is 317 g/mol. The van der Waals surface area contributed by atoms with Gasteiger partial charge in [-0.2, -0.15) is 0 Å². The fraction of sp³-hybridized carbons (Fsp3) is 0.125. The molecule has 1 N–H and O–H groups in total. The number of hydrogen-bond acceptors (Lipinski definition) is 4. The van der Waals surface area contributed by atoms with Gasteiger partial charge in [0.15, 0.2) is 17.8 Å². The van der Waals surface area contributed by atoms with E-state index >= 15 is 0 Å². The second-order valence-electron chi connectivity index (χ2n) is 4.85. The number of hydrogen-bond donors (Lipinski definition) is 1. The Labute approximate surface area is 131 Å². The molecule has 3 rings (SSSR count). The number of carbonyl (C=O) groups excluding carboxylic acids is 1. The molecule has 5 nitrogen and oxygen atoms in total. The molecule has 1 aromatic carbocycles. The molecule has 0 aliphatic heterocycles. The number of nitrogens with zero attached hydrogens (tertiary/aromatic N) is 1. The third-order valence-corrected chi connectivity index (χ3v) is 3.42. The van der Waals surface area contributed by atoms with Crippen molar-refractivity contribution in [2.45, 2.75) is 13.8 Å². The number of carbonyl (C=O) groups is 1. The lowest BCUT2D eigenvalue weighted by Crippen LogP contribution is -2.14. The number of aromatic nitrogens is 1. The van der Waals surface area contributed by atoms with E-state index in [2.05, 4.69) is 10.3 Å². The molecule has 2 heterocycles. The SMILES string of the molecule is Cc1ccc(-c2ocnc2C(=O)Nc2ccc(Cl)cc2C)o1. The summed E-state index contributed by atoms with van der Waals surface area (Å²) in [5.41, 5.74) is 1.70. The Bertz CT molecular complexity index is 836. The normalized spacial score (nSPS) is 10.7. The number of rotatable bonds is 3. The molecule has 2 aromatic heterocycles. The first-order valence-electron chi connectivity index (χ1n) is 6.62. The highest BCUT2D eigenvalue weighted by Crippen LogP contribution is 2.26. The Morgan fingerprint density at radius 3 is 2.73 bits per heavy atom. The van der Waals surface area contributed by atoms with Crippen LogP contribution in [0.25, 0.3) is 11.5 Å². The third-order valence-electron chi connectivity index (χ3n) is 3.18. The number of halogens is 1. The summed E-state index contributed by atoms with van der Waals surface area (Å²) in [5, 5.41) is 3.41. The van der Waals surface area contributed by atoms with Crippen molar-refractivity contribution in [2.24, 2.45) is 0 Å². The van der Waals surface area contributed by atoms with Crippen LogP contribution in [0.15, 0.2) is 45.6 Å². The predicted molar refractivity (Wildman–Crippen MR) is 83.1 cm³/mol. The van der Waals surface area contributed by atoms with Gasteiger partial charge in [0.1, 0.15) is 5.76 Å². The highest BCUT2D eigenvalue weighted by molar-refractivity contribution is 6.30. The molecule has 0 aliphatic rings. The lowest BCUT2D eigenvalue weighted by Gasteiger charge is -2.07. The highest BCUT2D eigenvalue weighted by Gasteiger charge is 2.21. The van der Waals surface area contributed by atoms with Crippen LogP contribution >= 0.6 is 11.6 Å². The zero-order valence-electron chi connectivity index (χ0n) is 12.0. The number of benzene rings is 1. The molecule has 0 unspecified atom stereocenters. The van der Waals surface area contributed by atoms with Gasteiger partial charge in [-0.05, 0) is 49.7 Å². The average Bonchev–Trinajstić information content (AvgIpc) is 3.10. The Kier molecular flexibility index (Phi) is 3.73. The maximum Gasteiger partial charge on any atom is 0.278 e. The Balaban J connectivity index is 1.89. The van der Waals surface area contributed by atoms with Crippen LogP contribution in [0.2, 0.25) is 5.02 Å². The Morgan fingerprint density at radius 1 is 1.23 bits per heavy atom. The molecule has 0 radical (unpaired) electrons. The first-order valence-corrected chi connectivity index (χ1v) is 7.00. The van der Waals surface area contributed by atoms with Crippen molar-refractivity contribution in [3.63, 3.8) is 0 Å². The largest absolute Gasteiger partial charge is 0.458 e. The molecule has 0 fully saturated rings. The minimum atomic E-state index is -0.372. The topological polar surface area (TPSA) is 68.3 Å². The number of nitrogens with one attached hydrogen (secondary N) is 1. The van der Waals surface area contributed by atoms with E-state index in [1.807, 2.05) is 13.8 Å². The molecule has 112 valence electrons. The minimum Gasteiger partial charge on any atom is -0.458 e. The van der Waals surface area contributed by atoms with E-state index in [4.69, 9.17) is 20.4 Å². The van der Waals surface area contributed by atoms with Crippen molar-refractivity contribution in [1.29, 1.82) is 0 Å². The van der Waals surface area contributed by atoms with Crippen molar-refractivity contribution >= 4 is 23.2 Å².